The van der Waals surface area contributed by atoms with E-state index >= 15 is 0 Å². The van der Waals surface area contributed by atoms with Gasteiger partial charge in [-0.1, -0.05) is 6.07 Å². The fraction of sp³-hybridized carbons (Fsp3) is 0.133. The Morgan fingerprint density at radius 1 is 1.21 bits per heavy atom. The Balaban J connectivity index is 1.86. The lowest BCUT2D eigenvalue weighted by molar-refractivity contribution is 0.0954. The highest BCUT2D eigenvalue weighted by atomic mass is 16.1. The Kier molecular flexibility index (Phi) is 4.25. The third-order valence-corrected chi connectivity index (χ3v) is 2.67. The summed E-state index contributed by atoms with van der Waals surface area (Å²) in [5.41, 5.74) is 2.05. The molecule has 0 aliphatic rings. The van der Waals surface area contributed by atoms with Crippen LogP contribution in [0.15, 0.2) is 48.7 Å². The summed E-state index contributed by atoms with van der Waals surface area (Å²) in [5, 5.41) is 11.5. The molecule has 0 aliphatic heterocycles. The molecule has 0 aliphatic carbocycles. The van der Waals surface area contributed by atoms with Gasteiger partial charge in [-0.2, -0.15) is 5.26 Å². The minimum absolute atomic E-state index is 0.138. The van der Waals surface area contributed by atoms with Crippen LogP contribution in [0, 0.1) is 11.3 Å². The second-order valence-corrected chi connectivity index (χ2v) is 4.02. The summed E-state index contributed by atoms with van der Waals surface area (Å²) in [4.78, 5) is 16.0. The quantitative estimate of drug-likeness (QED) is 0.902. The maximum absolute atomic E-state index is 11.8. The smallest absolute Gasteiger partial charge is 0.251 e. The molecule has 0 saturated heterocycles. The molecule has 0 bridgehead atoms. The number of rotatable bonds is 4. The number of nitriles is 1. The van der Waals surface area contributed by atoms with Crippen LogP contribution in [-0.2, 0) is 6.42 Å². The van der Waals surface area contributed by atoms with Crippen molar-refractivity contribution in [1.29, 1.82) is 5.26 Å². The lowest BCUT2D eigenvalue weighted by Gasteiger charge is -2.04. The molecule has 1 aromatic heterocycles. The van der Waals surface area contributed by atoms with E-state index < -0.39 is 0 Å². The fourth-order valence-electron chi connectivity index (χ4n) is 1.65. The third-order valence-electron chi connectivity index (χ3n) is 2.67. The van der Waals surface area contributed by atoms with E-state index in [1.807, 2.05) is 24.3 Å². The van der Waals surface area contributed by atoms with Crippen molar-refractivity contribution >= 4 is 5.91 Å². The first kappa shape index (κ1) is 12.8. The van der Waals surface area contributed by atoms with Crippen LogP contribution in [0.1, 0.15) is 21.6 Å². The number of nitrogens with zero attached hydrogens (tertiary/aromatic N) is 2. The molecule has 1 amide bonds. The third kappa shape index (κ3) is 3.65. The normalized spacial score (nSPS) is 9.63. The average Bonchev–Trinajstić information content (AvgIpc) is 2.48. The van der Waals surface area contributed by atoms with Gasteiger partial charge in [0.1, 0.15) is 0 Å². The molecular formula is C15H13N3O. The van der Waals surface area contributed by atoms with E-state index in [0.717, 1.165) is 5.69 Å². The second kappa shape index (κ2) is 6.31. The molecule has 0 unspecified atom stereocenters. The van der Waals surface area contributed by atoms with Gasteiger partial charge in [0.25, 0.3) is 5.91 Å². The molecule has 4 nitrogen and oxygen atoms in total. The van der Waals surface area contributed by atoms with Gasteiger partial charge >= 0.3 is 0 Å². The predicted molar refractivity (Wildman–Crippen MR) is 71.4 cm³/mol. The SMILES string of the molecule is N#Cc1ccc(C(=O)NCCc2ccccn2)cc1. The van der Waals surface area contributed by atoms with Crippen LogP contribution in [0.25, 0.3) is 0 Å². The molecule has 1 aromatic carbocycles. The van der Waals surface area contributed by atoms with E-state index in [0.29, 0.717) is 24.1 Å². The topological polar surface area (TPSA) is 65.8 Å². The number of hydrogen-bond acceptors (Lipinski definition) is 3. The van der Waals surface area contributed by atoms with Crippen LogP contribution >= 0.6 is 0 Å². The summed E-state index contributed by atoms with van der Waals surface area (Å²) in [6.07, 6.45) is 2.43. The van der Waals surface area contributed by atoms with Crippen LogP contribution in [0.4, 0.5) is 0 Å². The minimum atomic E-state index is -0.138. The maximum atomic E-state index is 11.8. The molecule has 0 radical (unpaired) electrons. The van der Waals surface area contributed by atoms with Crippen molar-refractivity contribution in [3.63, 3.8) is 0 Å². The van der Waals surface area contributed by atoms with Crippen molar-refractivity contribution in [3.8, 4) is 6.07 Å². The van der Waals surface area contributed by atoms with E-state index in [1.54, 1.807) is 30.5 Å². The Morgan fingerprint density at radius 3 is 2.63 bits per heavy atom. The molecule has 2 rings (SSSR count). The first-order valence-corrected chi connectivity index (χ1v) is 5.98. The van der Waals surface area contributed by atoms with Crippen molar-refractivity contribution in [2.45, 2.75) is 6.42 Å². The summed E-state index contributed by atoms with van der Waals surface area (Å²) in [6.45, 7) is 0.538. The van der Waals surface area contributed by atoms with Crippen LogP contribution < -0.4 is 5.32 Å². The van der Waals surface area contributed by atoms with Gasteiger partial charge in [-0.05, 0) is 36.4 Å². The molecule has 0 fully saturated rings. The highest BCUT2D eigenvalue weighted by Gasteiger charge is 2.04. The van der Waals surface area contributed by atoms with E-state index in [2.05, 4.69) is 10.3 Å². The Labute approximate surface area is 111 Å². The van der Waals surface area contributed by atoms with Gasteiger partial charge in [0, 0.05) is 30.4 Å². The number of aromatic nitrogens is 1. The van der Waals surface area contributed by atoms with E-state index in [9.17, 15) is 4.79 Å². The molecule has 0 atom stereocenters. The van der Waals surface area contributed by atoms with Crippen LogP contribution in [0.5, 0.6) is 0 Å². The lowest BCUT2D eigenvalue weighted by Crippen LogP contribution is -2.25. The number of pyridine rings is 1. The molecule has 4 heteroatoms. The van der Waals surface area contributed by atoms with Gasteiger partial charge in [-0.25, -0.2) is 0 Å². The molecule has 1 heterocycles. The molecule has 2 aromatic rings. The fourth-order valence-corrected chi connectivity index (χ4v) is 1.65. The Morgan fingerprint density at radius 2 is 2.00 bits per heavy atom. The zero-order chi connectivity index (χ0) is 13.5. The Hall–Kier alpha value is -2.67. The minimum Gasteiger partial charge on any atom is -0.352 e. The van der Waals surface area contributed by atoms with Gasteiger partial charge in [-0.3, -0.25) is 9.78 Å². The van der Waals surface area contributed by atoms with Crippen LogP contribution in [0.2, 0.25) is 0 Å². The second-order valence-electron chi connectivity index (χ2n) is 4.02. The highest BCUT2D eigenvalue weighted by Crippen LogP contribution is 2.03. The number of hydrogen-bond donors (Lipinski definition) is 1. The van der Waals surface area contributed by atoms with Crippen LogP contribution in [0.3, 0.4) is 0 Å². The summed E-state index contributed by atoms with van der Waals surface area (Å²) in [7, 11) is 0. The zero-order valence-electron chi connectivity index (χ0n) is 10.3. The molecular weight excluding hydrogens is 238 g/mol. The van der Waals surface area contributed by atoms with Crippen LogP contribution in [-0.4, -0.2) is 17.4 Å². The maximum Gasteiger partial charge on any atom is 0.251 e. The van der Waals surface area contributed by atoms with E-state index in [1.165, 1.54) is 0 Å². The number of benzene rings is 1. The molecule has 1 N–H and O–H groups in total. The van der Waals surface area contributed by atoms with Gasteiger partial charge < -0.3 is 5.32 Å². The standard InChI is InChI=1S/C15H13N3O/c16-11-12-4-6-13(7-5-12)15(19)18-10-8-14-3-1-2-9-17-14/h1-7,9H,8,10H2,(H,18,19). The van der Waals surface area contributed by atoms with Crippen molar-refractivity contribution in [2.24, 2.45) is 0 Å². The summed E-state index contributed by atoms with van der Waals surface area (Å²) in [5.74, 6) is -0.138. The first-order valence-electron chi connectivity index (χ1n) is 5.98. The van der Waals surface area contributed by atoms with Gasteiger partial charge in [0.15, 0.2) is 0 Å². The number of carbonyl (C=O) groups excluding carboxylic acids is 1. The van der Waals surface area contributed by atoms with E-state index in [-0.39, 0.29) is 5.91 Å². The first-order chi connectivity index (χ1) is 9.29. The van der Waals surface area contributed by atoms with Crippen molar-refractivity contribution in [1.82, 2.24) is 10.3 Å². The zero-order valence-corrected chi connectivity index (χ0v) is 10.3. The largest absolute Gasteiger partial charge is 0.352 e. The van der Waals surface area contributed by atoms with Gasteiger partial charge in [-0.15, -0.1) is 0 Å². The van der Waals surface area contributed by atoms with Crippen molar-refractivity contribution < 1.29 is 4.79 Å². The van der Waals surface area contributed by atoms with Crippen molar-refractivity contribution in [2.75, 3.05) is 6.54 Å². The summed E-state index contributed by atoms with van der Waals surface area (Å²) >= 11 is 0. The number of amides is 1. The van der Waals surface area contributed by atoms with Gasteiger partial charge in [0.05, 0.1) is 11.6 Å². The average molecular weight is 251 g/mol. The molecule has 94 valence electrons. The molecule has 0 spiro atoms. The summed E-state index contributed by atoms with van der Waals surface area (Å²) in [6, 6.07) is 14.3. The van der Waals surface area contributed by atoms with Crippen molar-refractivity contribution in [3.05, 3.63) is 65.5 Å². The number of carbonyl (C=O) groups is 1. The Bertz CT molecular complexity index is 585. The number of nitrogens with one attached hydrogen (secondary N) is 1. The lowest BCUT2D eigenvalue weighted by atomic mass is 10.1. The van der Waals surface area contributed by atoms with E-state index in [4.69, 9.17) is 5.26 Å². The summed E-state index contributed by atoms with van der Waals surface area (Å²) < 4.78 is 0. The molecule has 19 heavy (non-hydrogen) atoms. The molecule has 0 saturated carbocycles. The monoisotopic (exact) mass is 251 g/mol. The van der Waals surface area contributed by atoms with Gasteiger partial charge in [0.2, 0.25) is 0 Å². The predicted octanol–water partition coefficient (Wildman–Crippen LogP) is 1.93. The highest BCUT2D eigenvalue weighted by molar-refractivity contribution is 5.94.